The zero-order chi connectivity index (χ0) is 12.0. The lowest BCUT2D eigenvalue weighted by molar-refractivity contribution is 0.435. The van der Waals surface area contributed by atoms with Crippen LogP contribution in [0.5, 0.6) is 5.75 Å². The van der Waals surface area contributed by atoms with Gasteiger partial charge < -0.3 is 5.11 Å². The fraction of sp³-hybridized carbons (Fsp3) is 0.625. The van der Waals surface area contributed by atoms with E-state index in [0.29, 0.717) is 17.6 Å². The third kappa shape index (κ3) is 2.08. The third-order valence-corrected chi connectivity index (χ3v) is 4.34. The highest BCUT2D eigenvalue weighted by Crippen LogP contribution is 2.56. The highest BCUT2D eigenvalue weighted by molar-refractivity contribution is 5.45. The number of hydrogen-bond donors (Lipinski definition) is 1. The molecular formula is C16H22O. The average Bonchev–Trinajstić information content (AvgIpc) is 3.13. The van der Waals surface area contributed by atoms with Crippen LogP contribution >= 0.6 is 0 Å². The summed E-state index contributed by atoms with van der Waals surface area (Å²) in [5.41, 5.74) is 2.36. The molecule has 0 aromatic heterocycles. The number of rotatable bonds is 4. The lowest BCUT2D eigenvalue weighted by Crippen LogP contribution is -2.05. The molecule has 0 radical (unpaired) electrons. The van der Waals surface area contributed by atoms with E-state index in [-0.39, 0.29) is 0 Å². The van der Waals surface area contributed by atoms with E-state index in [0.717, 1.165) is 17.4 Å². The molecule has 2 saturated carbocycles. The van der Waals surface area contributed by atoms with Crippen molar-refractivity contribution >= 4 is 0 Å². The van der Waals surface area contributed by atoms with Gasteiger partial charge in [0.2, 0.25) is 0 Å². The second-order valence-electron chi connectivity index (χ2n) is 6.14. The monoisotopic (exact) mass is 230 g/mol. The molecule has 1 heteroatoms. The molecule has 3 rings (SSSR count). The van der Waals surface area contributed by atoms with Crippen molar-refractivity contribution in [3.05, 3.63) is 29.3 Å². The maximum atomic E-state index is 10.5. The molecule has 2 fully saturated rings. The van der Waals surface area contributed by atoms with E-state index in [2.05, 4.69) is 32.0 Å². The Morgan fingerprint density at radius 1 is 1.00 bits per heavy atom. The molecule has 2 aliphatic carbocycles. The molecule has 0 spiro atoms. The normalized spacial score (nSPS) is 20.2. The molecule has 1 aromatic carbocycles. The minimum atomic E-state index is 0.411. The van der Waals surface area contributed by atoms with Gasteiger partial charge in [0.15, 0.2) is 0 Å². The molecule has 92 valence electrons. The molecule has 0 heterocycles. The molecule has 1 N–H and O–H groups in total. The third-order valence-electron chi connectivity index (χ3n) is 4.34. The van der Waals surface area contributed by atoms with Gasteiger partial charge in [0.25, 0.3) is 0 Å². The van der Waals surface area contributed by atoms with Crippen molar-refractivity contribution in [1.82, 2.24) is 0 Å². The van der Waals surface area contributed by atoms with Gasteiger partial charge in [-0.05, 0) is 60.5 Å². The molecule has 1 aromatic rings. The predicted molar refractivity (Wildman–Crippen MR) is 70.4 cm³/mol. The van der Waals surface area contributed by atoms with E-state index >= 15 is 0 Å². The van der Waals surface area contributed by atoms with E-state index in [1.807, 2.05) is 0 Å². The Labute approximate surface area is 104 Å². The average molecular weight is 230 g/mol. The highest BCUT2D eigenvalue weighted by atomic mass is 16.3. The summed E-state index contributed by atoms with van der Waals surface area (Å²) in [5, 5.41) is 10.5. The number of para-hydroxylation sites is 1. The molecular weight excluding hydrogens is 208 g/mol. The van der Waals surface area contributed by atoms with Gasteiger partial charge in [0.1, 0.15) is 5.75 Å². The number of aromatic hydroxyl groups is 1. The summed E-state index contributed by atoms with van der Waals surface area (Å²) in [7, 11) is 0. The van der Waals surface area contributed by atoms with Gasteiger partial charge in [-0.2, -0.15) is 0 Å². The van der Waals surface area contributed by atoms with Gasteiger partial charge in [0, 0.05) is 0 Å². The van der Waals surface area contributed by atoms with Crippen molar-refractivity contribution in [2.24, 2.45) is 11.8 Å². The number of benzene rings is 1. The largest absolute Gasteiger partial charge is 0.507 e. The van der Waals surface area contributed by atoms with Gasteiger partial charge in [-0.1, -0.05) is 32.0 Å². The van der Waals surface area contributed by atoms with Crippen molar-refractivity contribution in [1.29, 1.82) is 0 Å². The van der Waals surface area contributed by atoms with Crippen LogP contribution in [-0.2, 0) is 0 Å². The van der Waals surface area contributed by atoms with Crippen molar-refractivity contribution in [2.45, 2.75) is 51.4 Å². The Kier molecular flexibility index (Phi) is 2.65. The van der Waals surface area contributed by atoms with Crippen molar-refractivity contribution in [2.75, 3.05) is 0 Å². The molecule has 1 nitrogen and oxygen atoms in total. The first-order valence-corrected chi connectivity index (χ1v) is 7.00. The smallest absolute Gasteiger partial charge is 0.122 e. The van der Waals surface area contributed by atoms with Crippen LogP contribution < -0.4 is 0 Å². The molecule has 0 amide bonds. The van der Waals surface area contributed by atoms with Gasteiger partial charge in [-0.25, -0.2) is 0 Å². The fourth-order valence-electron chi connectivity index (χ4n) is 3.12. The van der Waals surface area contributed by atoms with Gasteiger partial charge in [-0.15, -0.1) is 0 Å². The van der Waals surface area contributed by atoms with Crippen molar-refractivity contribution in [3.63, 3.8) is 0 Å². The molecule has 17 heavy (non-hydrogen) atoms. The van der Waals surface area contributed by atoms with Crippen LogP contribution in [-0.4, -0.2) is 5.11 Å². The second-order valence-corrected chi connectivity index (χ2v) is 6.14. The second kappa shape index (κ2) is 4.04. The van der Waals surface area contributed by atoms with Crippen LogP contribution in [0.3, 0.4) is 0 Å². The number of phenolic OH excluding ortho intramolecular Hbond substituents is 1. The fourth-order valence-corrected chi connectivity index (χ4v) is 3.12. The summed E-state index contributed by atoms with van der Waals surface area (Å²) in [6, 6.07) is 6.35. The molecule has 0 unspecified atom stereocenters. The van der Waals surface area contributed by atoms with Crippen molar-refractivity contribution in [3.8, 4) is 5.75 Å². The van der Waals surface area contributed by atoms with E-state index in [1.54, 1.807) is 0 Å². The Morgan fingerprint density at radius 2 is 1.53 bits per heavy atom. The van der Waals surface area contributed by atoms with E-state index in [1.165, 1.54) is 31.2 Å². The Balaban J connectivity index is 1.97. The first-order valence-electron chi connectivity index (χ1n) is 7.00. The van der Waals surface area contributed by atoms with Crippen LogP contribution in [0.4, 0.5) is 0 Å². The Morgan fingerprint density at radius 3 is 2.00 bits per heavy atom. The molecule has 0 atom stereocenters. The Bertz CT molecular complexity index is 402. The van der Waals surface area contributed by atoms with E-state index in [4.69, 9.17) is 0 Å². The minimum Gasteiger partial charge on any atom is -0.507 e. The maximum Gasteiger partial charge on any atom is 0.122 e. The minimum absolute atomic E-state index is 0.411. The highest BCUT2D eigenvalue weighted by Gasteiger charge is 2.43. The standard InChI is InChI=1S/C16H22O/c1-10(2)13-4-3-5-14(16(13)17)15(11-6-7-11)12-8-9-12/h3-5,10-12,15,17H,6-9H2,1-2H3. The summed E-state index contributed by atoms with van der Waals surface area (Å²) in [6.45, 7) is 4.31. The summed E-state index contributed by atoms with van der Waals surface area (Å²) in [5.74, 6) is 3.36. The lowest BCUT2D eigenvalue weighted by Gasteiger charge is -2.20. The first-order chi connectivity index (χ1) is 8.18. The molecule has 0 saturated heterocycles. The summed E-state index contributed by atoms with van der Waals surface area (Å²) < 4.78 is 0. The number of phenols is 1. The quantitative estimate of drug-likeness (QED) is 0.811. The zero-order valence-electron chi connectivity index (χ0n) is 10.8. The molecule has 0 aliphatic heterocycles. The summed E-state index contributed by atoms with van der Waals surface area (Å²) in [6.07, 6.45) is 5.47. The zero-order valence-corrected chi connectivity index (χ0v) is 10.8. The van der Waals surface area contributed by atoms with Crippen LogP contribution in [0.25, 0.3) is 0 Å². The Hall–Kier alpha value is -0.980. The summed E-state index contributed by atoms with van der Waals surface area (Å²) in [4.78, 5) is 0. The van der Waals surface area contributed by atoms with Crippen molar-refractivity contribution < 1.29 is 5.11 Å². The van der Waals surface area contributed by atoms with Gasteiger partial charge in [-0.3, -0.25) is 0 Å². The van der Waals surface area contributed by atoms with Crippen LogP contribution in [0, 0.1) is 11.8 Å². The molecule has 2 aliphatic rings. The van der Waals surface area contributed by atoms with E-state index < -0.39 is 0 Å². The molecule has 0 bridgehead atoms. The SMILES string of the molecule is CC(C)c1cccc(C(C2CC2)C2CC2)c1O. The topological polar surface area (TPSA) is 20.2 Å². The maximum absolute atomic E-state index is 10.5. The van der Waals surface area contributed by atoms with Gasteiger partial charge >= 0.3 is 0 Å². The lowest BCUT2D eigenvalue weighted by atomic mass is 9.86. The number of hydrogen-bond acceptors (Lipinski definition) is 1. The first kappa shape index (κ1) is 11.1. The van der Waals surface area contributed by atoms with Gasteiger partial charge in [0.05, 0.1) is 0 Å². The van der Waals surface area contributed by atoms with Crippen LogP contribution in [0.1, 0.15) is 62.5 Å². The summed E-state index contributed by atoms with van der Waals surface area (Å²) >= 11 is 0. The van der Waals surface area contributed by atoms with Crippen LogP contribution in [0.2, 0.25) is 0 Å². The van der Waals surface area contributed by atoms with Crippen LogP contribution in [0.15, 0.2) is 18.2 Å². The van der Waals surface area contributed by atoms with E-state index in [9.17, 15) is 5.11 Å². The predicted octanol–water partition coefficient (Wildman–Crippen LogP) is 4.42.